The van der Waals surface area contributed by atoms with Crippen LogP contribution in [0.1, 0.15) is 51.8 Å². The molecule has 0 bridgehead atoms. The van der Waals surface area contributed by atoms with Gasteiger partial charge in [-0.05, 0) is 24.3 Å². The maximum absolute atomic E-state index is 13.3. The Morgan fingerprint density at radius 2 is 1.88 bits per heavy atom. The van der Waals surface area contributed by atoms with Gasteiger partial charge in [0, 0.05) is 24.7 Å². The van der Waals surface area contributed by atoms with Gasteiger partial charge in [0.05, 0.1) is 12.2 Å². The summed E-state index contributed by atoms with van der Waals surface area (Å²) in [4.78, 5) is 0.357. The molecule has 0 radical (unpaired) electrons. The Bertz CT molecular complexity index is 851. The number of benzene rings is 1. The molecule has 2 aromatic rings. The molecule has 26 heavy (non-hydrogen) atoms. The summed E-state index contributed by atoms with van der Waals surface area (Å²) in [5.74, 6) is 0.399. The van der Waals surface area contributed by atoms with Crippen LogP contribution in [0.25, 0.3) is 0 Å². The molecule has 1 aromatic heterocycles. The first-order valence-electron chi connectivity index (χ1n) is 9.30. The molecule has 5 nitrogen and oxygen atoms in total. The molecule has 1 aromatic carbocycles. The van der Waals surface area contributed by atoms with Gasteiger partial charge >= 0.3 is 0 Å². The summed E-state index contributed by atoms with van der Waals surface area (Å²) < 4.78 is 30.1. The van der Waals surface area contributed by atoms with Crippen molar-refractivity contribution < 1.29 is 8.42 Å². The molecule has 6 heteroatoms. The van der Waals surface area contributed by atoms with E-state index in [0.717, 1.165) is 18.4 Å². The van der Waals surface area contributed by atoms with Crippen molar-refractivity contribution in [1.82, 2.24) is 14.1 Å². The number of hydrogen-bond acceptors (Lipinski definition) is 3. The monoisotopic (exact) mass is 375 g/mol. The van der Waals surface area contributed by atoms with Gasteiger partial charge in [0.25, 0.3) is 0 Å². The fourth-order valence-electron chi connectivity index (χ4n) is 3.47. The average molecular weight is 376 g/mol. The van der Waals surface area contributed by atoms with E-state index in [9.17, 15) is 8.42 Å². The van der Waals surface area contributed by atoms with E-state index in [1.54, 1.807) is 15.2 Å². The van der Waals surface area contributed by atoms with Crippen molar-refractivity contribution in [2.24, 2.45) is 5.92 Å². The molecule has 2 heterocycles. The minimum Gasteiger partial charge on any atom is -0.267 e. The first-order valence-corrected chi connectivity index (χ1v) is 10.7. The van der Waals surface area contributed by atoms with Crippen LogP contribution in [-0.2, 0) is 22.0 Å². The Balaban J connectivity index is 1.99. The fraction of sp³-hybridized carbons (Fsp3) is 0.550. The average Bonchev–Trinajstić information content (AvgIpc) is 3.01. The number of rotatable bonds is 4. The summed E-state index contributed by atoms with van der Waals surface area (Å²) in [6.07, 6.45) is 3.72. The lowest BCUT2D eigenvalue weighted by Crippen LogP contribution is -2.39. The molecule has 1 aliphatic rings. The highest BCUT2D eigenvalue weighted by Crippen LogP contribution is 2.31. The minimum absolute atomic E-state index is 0.342. The Labute approximate surface area is 157 Å². The van der Waals surface area contributed by atoms with Crippen molar-refractivity contribution in [3.63, 3.8) is 0 Å². The van der Waals surface area contributed by atoms with Crippen molar-refractivity contribution >= 4 is 10.0 Å². The highest BCUT2D eigenvalue weighted by atomic mass is 32.2. The van der Waals surface area contributed by atoms with Gasteiger partial charge in [-0.15, -0.1) is 0 Å². The summed E-state index contributed by atoms with van der Waals surface area (Å²) in [6, 6.07) is 9.99. The van der Waals surface area contributed by atoms with Gasteiger partial charge in [0.1, 0.15) is 4.90 Å². The molecule has 0 aliphatic carbocycles. The Morgan fingerprint density at radius 1 is 1.19 bits per heavy atom. The van der Waals surface area contributed by atoms with Gasteiger partial charge < -0.3 is 0 Å². The van der Waals surface area contributed by atoms with E-state index in [2.05, 4.69) is 12.0 Å². The van der Waals surface area contributed by atoms with Gasteiger partial charge in [-0.2, -0.15) is 9.40 Å². The maximum atomic E-state index is 13.3. The second-order valence-corrected chi connectivity index (χ2v) is 10.3. The zero-order valence-electron chi connectivity index (χ0n) is 16.1. The summed E-state index contributed by atoms with van der Waals surface area (Å²) in [6.45, 7) is 9.91. The molecular weight excluding hydrogens is 346 g/mol. The normalized spacial score (nSPS) is 19.6. The smallest absolute Gasteiger partial charge is 0.246 e. The first-order chi connectivity index (χ1) is 12.2. The number of hydrogen-bond donors (Lipinski definition) is 0. The van der Waals surface area contributed by atoms with E-state index in [1.807, 2.05) is 51.1 Å². The number of aromatic nitrogens is 2. The third-order valence-corrected chi connectivity index (χ3v) is 6.73. The number of nitrogens with zero attached hydrogens (tertiary/aromatic N) is 3. The molecule has 1 fully saturated rings. The van der Waals surface area contributed by atoms with E-state index < -0.39 is 10.0 Å². The number of piperidine rings is 1. The predicted molar refractivity (Wildman–Crippen MR) is 104 cm³/mol. The van der Waals surface area contributed by atoms with Crippen LogP contribution in [0.3, 0.4) is 0 Å². The van der Waals surface area contributed by atoms with Crippen molar-refractivity contribution in [2.45, 2.75) is 57.4 Å². The molecule has 0 spiro atoms. The topological polar surface area (TPSA) is 55.2 Å². The van der Waals surface area contributed by atoms with Crippen LogP contribution in [0.15, 0.2) is 41.4 Å². The van der Waals surface area contributed by atoms with Crippen molar-refractivity contribution in [3.8, 4) is 0 Å². The summed E-state index contributed by atoms with van der Waals surface area (Å²) in [7, 11) is -3.53. The van der Waals surface area contributed by atoms with Crippen molar-refractivity contribution in [1.29, 1.82) is 0 Å². The lowest BCUT2D eigenvalue weighted by atomic mass is 9.92. The van der Waals surface area contributed by atoms with Gasteiger partial charge in [0.2, 0.25) is 10.0 Å². The minimum atomic E-state index is -3.53. The molecule has 3 rings (SSSR count). The van der Waals surface area contributed by atoms with Crippen LogP contribution < -0.4 is 0 Å². The van der Waals surface area contributed by atoms with Gasteiger partial charge in [-0.25, -0.2) is 8.42 Å². The van der Waals surface area contributed by atoms with E-state index in [4.69, 9.17) is 0 Å². The lowest BCUT2D eigenvalue weighted by molar-refractivity contribution is 0.281. The van der Waals surface area contributed by atoms with E-state index >= 15 is 0 Å². The highest BCUT2D eigenvalue weighted by Gasteiger charge is 2.35. The molecule has 1 aliphatic heterocycles. The Kier molecular flexibility index (Phi) is 5.26. The molecule has 0 amide bonds. The molecule has 0 N–H and O–H groups in total. The van der Waals surface area contributed by atoms with Gasteiger partial charge in [-0.1, -0.05) is 58.0 Å². The largest absolute Gasteiger partial charge is 0.267 e. The predicted octanol–water partition coefficient (Wildman–Crippen LogP) is 3.65. The third kappa shape index (κ3) is 4.01. The third-order valence-electron chi connectivity index (χ3n) is 4.86. The summed E-state index contributed by atoms with van der Waals surface area (Å²) in [5.41, 5.74) is 1.41. The van der Waals surface area contributed by atoms with Crippen LogP contribution in [0.2, 0.25) is 0 Å². The second-order valence-electron chi connectivity index (χ2n) is 8.39. The van der Waals surface area contributed by atoms with Gasteiger partial charge in [-0.3, -0.25) is 4.68 Å². The quantitative estimate of drug-likeness (QED) is 0.820. The van der Waals surface area contributed by atoms with E-state index in [0.29, 0.717) is 36.1 Å². The Hall–Kier alpha value is -1.66. The number of sulfonamides is 1. The molecule has 1 unspecified atom stereocenters. The molecule has 1 atom stereocenters. The van der Waals surface area contributed by atoms with Crippen LogP contribution in [0.4, 0.5) is 0 Å². The summed E-state index contributed by atoms with van der Waals surface area (Å²) in [5, 5.41) is 4.67. The molecule has 0 saturated carbocycles. The zero-order chi connectivity index (χ0) is 18.9. The molecule has 1 saturated heterocycles. The van der Waals surface area contributed by atoms with Gasteiger partial charge in [0.15, 0.2) is 0 Å². The first kappa shape index (κ1) is 19.1. The second kappa shape index (κ2) is 7.16. The van der Waals surface area contributed by atoms with E-state index in [-0.39, 0.29) is 5.41 Å². The lowest BCUT2D eigenvalue weighted by Gasteiger charge is -2.30. The van der Waals surface area contributed by atoms with Crippen molar-refractivity contribution in [2.75, 3.05) is 13.1 Å². The standard InChI is InChI=1S/C20H29N3O2S/c1-16-9-8-12-23(13-16)26(24,25)18-15-22(21-19(18)20(2,3)4)14-17-10-6-5-7-11-17/h5-7,10-11,15-16H,8-9,12-14H2,1-4H3. The van der Waals surface area contributed by atoms with E-state index in [1.165, 1.54) is 0 Å². The fourth-order valence-corrected chi connectivity index (χ4v) is 5.41. The van der Waals surface area contributed by atoms with Crippen LogP contribution in [-0.4, -0.2) is 35.6 Å². The van der Waals surface area contributed by atoms with Crippen LogP contribution in [0, 0.1) is 5.92 Å². The maximum Gasteiger partial charge on any atom is 0.246 e. The highest BCUT2D eigenvalue weighted by molar-refractivity contribution is 7.89. The Morgan fingerprint density at radius 3 is 2.50 bits per heavy atom. The molecular formula is C20H29N3O2S. The van der Waals surface area contributed by atoms with Crippen molar-refractivity contribution in [3.05, 3.63) is 47.8 Å². The zero-order valence-corrected chi connectivity index (χ0v) is 17.0. The SMILES string of the molecule is CC1CCCN(S(=O)(=O)c2cn(Cc3ccccc3)nc2C(C)(C)C)C1. The van der Waals surface area contributed by atoms with Crippen LogP contribution in [0.5, 0.6) is 0 Å². The van der Waals surface area contributed by atoms with Crippen LogP contribution >= 0.6 is 0 Å². The molecule has 142 valence electrons. The summed E-state index contributed by atoms with van der Waals surface area (Å²) >= 11 is 0.